The number of fused-ring (bicyclic) bond motifs is 2. The van der Waals surface area contributed by atoms with Crippen molar-refractivity contribution < 1.29 is 37.5 Å². The van der Waals surface area contributed by atoms with Gasteiger partial charge in [0.2, 0.25) is 11.8 Å². The zero-order chi connectivity index (χ0) is 30.7. The molecule has 3 fully saturated rings. The Morgan fingerprint density at radius 2 is 1.88 bits per heavy atom. The van der Waals surface area contributed by atoms with Gasteiger partial charge in [0, 0.05) is 47.2 Å². The largest absolute Gasteiger partial charge is 0.399 e. The van der Waals surface area contributed by atoms with Gasteiger partial charge >= 0.3 is 13.3 Å². The standard InChI is InChI=1S/C29H31F2N4O6PS/c1-16-4-3-11-32-25(16)18-14-34(15-18)28(38)22-9-8-20-5-2-6-21(27(37)35(20)22)33-26(36)24-13-17-12-19(7-10-23(17)43-24)29(30,31)42(39,40)41/h3-4,7,10-13,18,20-22H,2,5-6,8-9,14-15H2,1H3,(H,33,36)(H2,39,40,41)/t20-,21-,22-/m0/s1. The van der Waals surface area contributed by atoms with Crippen LogP contribution in [0.25, 0.3) is 10.1 Å². The van der Waals surface area contributed by atoms with Gasteiger partial charge in [0.05, 0.1) is 4.88 Å². The van der Waals surface area contributed by atoms with Gasteiger partial charge in [-0.2, -0.15) is 8.78 Å². The predicted molar refractivity (Wildman–Crippen MR) is 155 cm³/mol. The molecule has 3 aromatic rings. The van der Waals surface area contributed by atoms with Crippen LogP contribution in [0.15, 0.2) is 42.6 Å². The molecule has 1 aromatic carbocycles. The van der Waals surface area contributed by atoms with Crippen LogP contribution in [0.5, 0.6) is 0 Å². The van der Waals surface area contributed by atoms with Gasteiger partial charge in [0.25, 0.3) is 5.91 Å². The number of benzene rings is 1. The van der Waals surface area contributed by atoms with Crippen LogP contribution in [0.3, 0.4) is 0 Å². The van der Waals surface area contributed by atoms with Crippen molar-refractivity contribution in [3.05, 3.63) is 64.3 Å². The topological polar surface area (TPSA) is 140 Å². The van der Waals surface area contributed by atoms with Crippen molar-refractivity contribution >= 4 is 46.7 Å². The van der Waals surface area contributed by atoms with Gasteiger partial charge in [-0.25, -0.2) is 0 Å². The summed E-state index contributed by atoms with van der Waals surface area (Å²) in [7, 11) is -5.74. The van der Waals surface area contributed by atoms with Gasteiger partial charge in [-0.05, 0) is 74.2 Å². The van der Waals surface area contributed by atoms with Crippen molar-refractivity contribution in [3.63, 3.8) is 0 Å². The van der Waals surface area contributed by atoms with Crippen LogP contribution < -0.4 is 5.32 Å². The van der Waals surface area contributed by atoms with E-state index < -0.39 is 36.8 Å². The highest BCUT2D eigenvalue weighted by Gasteiger charge is 2.51. The van der Waals surface area contributed by atoms with E-state index in [0.29, 0.717) is 37.1 Å². The molecule has 3 aliphatic rings. The molecule has 0 aliphatic carbocycles. The third kappa shape index (κ3) is 5.37. The van der Waals surface area contributed by atoms with E-state index in [2.05, 4.69) is 10.3 Å². The Hall–Kier alpha value is -3.25. The van der Waals surface area contributed by atoms with Crippen LogP contribution >= 0.6 is 18.9 Å². The molecule has 3 amide bonds. The second kappa shape index (κ2) is 11.0. The molecule has 3 saturated heterocycles. The molecule has 0 radical (unpaired) electrons. The zero-order valence-corrected chi connectivity index (χ0v) is 25.0. The minimum absolute atomic E-state index is 0.0723. The quantitative estimate of drug-likeness (QED) is 0.348. The highest BCUT2D eigenvalue weighted by atomic mass is 32.1. The minimum atomic E-state index is -5.74. The molecule has 0 unspecified atom stereocenters. The molecule has 3 aliphatic heterocycles. The van der Waals surface area contributed by atoms with Crippen LogP contribution in [0.1, 0.15) is 64.5 Å². The van der Waals surface area contributed by atoms with E-state index in [9.17, 15) is 27.7 Å². The Bertz CT molecular complexity index is 1650. The fourth-order valence-corrected chi connectivity index (χ4v) is 7.87. The van der Waals surface area contributed by atoms with Gasteiger partial charge in [-0.1, -0.05) is 12.1 Å². The lowest BCUT2D eigenvalue weighted by Gasteiger charge is -2.42. The number of thiophene rings is 1. The molecule has 5 heterocycles. The summed E-state index contributed by atoms with van der Waals surface area (Å²) < 4.78 is 40.2. The summed E-state index contributed by atoms with van der Waals surface area (Å²) in [5.41, 5.74) is -3.15. The molecule has 0 bridgehead atoms. The number of alkyl halides is 2. The number of aryl methyl sites for hydroxylation is 1. The number of aromatic nitrogens is 1. The van der Waals surface area contributed by atoms with Crippen LogP contribution in [0.4, 0.5) is 8.78 Å². The number of carbonyl (C=O) groups is 3. The molecule has 43 heavy (non-hydrogen) atoms. The molecule has 14 heteroatoms. The number of nitrogens with one attached hydrogen (secondary N) is 1. The van der Waals surface area contributed by atoms with Crippen LogP contribution in [0.2, 0.25) is 0 Å². The maximum Gasteiger partial charge on any atom is 0.399 e. The lowest BCUT2D eigenvalue weighted by atomic mass is 9.92. The SMILES string of the molecule is Cc1cccnc1C1CN(C(=O)[C@@H]2CC[C@@H]3CCC[C@H](NC(=O)c4cc5cc(C(F)(F)P(=O)(O)O)ccc5s4)C(=O)N32)C1. The van der Waals surface area contributed by atoms with Gasteiger partial charge in [-0.15, -0.1) is 11.3 Å². The van der Waals surface area contributed by atoms with E-state index in [4.69, 9.17) is 9.79 Å². The van der Waals surface area contributed by atoms with Crippen molar-refractivity contribution in [1.29, 1.82) is 0 Å². The number of carbonyl (C=O) groups excluding carboxylic acids is 3. The number of hydrogen-bond acceptors (Lipinski definition) is 6. The molecule has 0 saturated carbocycles. The van der Waals surface area contributed by atoms with E-state index in [1.165, 1.54) is 12.1 Å². The second-order valence-electron chi connectivity index (χ2n) is 11.5. The lowest BCUT2D eigenvalue weighted by molar-refractivity contribution is -0.148. The first-order valence-corrected chi connectivity index (χ1v) is 16.6. The van der Waals surface area contributed by atoms with Gasteiger partial charge in [0.1, 0.15) is 12.1 Å². The third-order valence-corrected chi connectivity index (χ3v) is 10.9. The van der Waals surface area contributed by atoms with Gasteiger partial charge in [0.15, 0.2) is 0 Å². The second-order valence-corrected chi connectivity index (χ2v) is 14.3. The van der Waals surface area contributed by atoms with Crippen molar-refractivity contribution in [2.45, 2.75) is 68.7 Å². The van der Waals surface area contributed by atoms with Gasteiger partial charge in [-0.3, -0.25) is 23.9 Å². The molecule has 3 N–H and O–H groups in total. The van der Waals surface area contributed by atoms with Gasteiger partial charge < -0.3 is 24.9 Å². The molecule has 228 valence electrons. The third-order valence-electron chi connectivity index (χ3n) is 8.76. The number of halogens is 2. The number of pyridine rings is 1. The first-order valence-electron chi connectivity index (χ1n) is 14.2. The number of nitrogens with zero attached hydrogens (tertiary/aromatic N) is 3. The number of likely N-dealkylation sites (tertiary alicyclic amines) is 1. The Kier molecular flexibility index (Phi) is 7.65. The predicted octanol–water partition coefficient (Wildman–Crippen LogP) is 4.10. The highest BCUT2D eigenvalue weighted by molar-refractivity contribution is 7.52. The number of hydrogen-bond donors (Lipinski definition) is 3. The molecule has 2 aromatic heterocycles. The smallest absolute Gasteiger partial charge is 0.340 e. The summed E-state index contributed by atoms with van der Waals surface area (Å²) in [5.74, 6) is -0.775. The Morgan fingerprint density at radius 3 is 2.60 bits per heavy atom. The summed E-state index contributed by atoms with van der Waals surface area (Å²) >= 11 is 1.02. The van der Waals surface area contributed by atoms with E-state index in [-0.39, 0.29) is 34.0 Å². The number of amides is 3. The van der Waals surface area contributed by atoms with Crippen molar-refractivity contribution in [1.82, 2.24) is 20.1 Å². The fourth-order valence-electron chi connectivity index (χ4n) is 6.44. The van der Waals surface area contributed by atoms with Crippen molar-refractivity contribution in [2.75, 3.05) is 13.1 Å². The van der Waals surface area contributed by atoms with Crippen LogP contribution in [-0.4, -0.2) is 73.5 Å². The number of rotatable bonds is 6. The van der Waals surface area contributed by atoms with Crippen molar-refractivity contribution in [2.24, 2.45) is 0 Å². The average molecular weight is 633 g/mol. The van der Waals surface area contributed by atoms with Crippen LogP contribution in [0, 0.1) is 6.92 Å². The van der Waals surface area contributed by atoms with E-state index in [0.717, 1.165) is 47.6 Å². The highest BCUT2D eigenvalue weighted by Crippen LogP contribution is 2.59. The molecular formula is C29H31F2N4O6PS. The zero-order valence-electron chi connectivity index (χ0n) is 23.3. The first kappa shape index (κ1) is 29.8. The van der Waals surface area contributed by atoms with Crippen LogP contribution in [-0.2, 0) is 19.8 Å². The Morgan fingerprint density at radius 1 is 1.12 bits per heavy atom. The van der Waals surface area contributed by atoms with E-state index in [1.54, 1.807) is 16.0 Å². The lowest BCUT2D eigenvalue weighted by Crippen LogP contribution is -2.58. The van der Waals surface area contributed by atoms with Crippen molar-refractivity contribution in [3.8, 4) is 0 Å². The average Bonchev–Trinajstić information content (AvgIpc) is 3.52. The summed E-state index contributed by atoms with van der Waals surface area (Å²) in [6.45, 7) is 3.10. The minimum Gasteiger partial charge on any atom is -0.340 e. The first-order chi connectivity index (χ1) is 20.3. The Balaban J connectivity index is 1.15. The molecule has 10 nitrogen and oxygen atoms in total. The summed E-state index contributed by atoms with van der Waals surface area (Å²) in [6, 6.07) is 6.92. The molecule has 0 spiro atoms. The Labute approximate surface area is 250 Å². The maximum atomic E-state index is 14.2. The molecule has 6 rings (SSSR count). The summed E-state index contributed by atoms with van der Waals surface area (Å²) in [5, 5.41) is 3.02. The monoisotopic (exact) mass is 632 g/mol. The molecule has 3 atom stereocenters. The maximum absolute atomic E-state index is 14.2. The summed E-state index contributed by atoms with van der Waals surface area (Å²) in [6.07, 6.45) is 4.87. The fraction of sp³-hybridized carbons (Fsp3) is 0.448. The molecular weight excluding hydrogens is 601 g/mol. The normalized spacial score (nSPS) is 23.2. The van der Waals surface area contributed by atoms with E-state index in [1.807, 2.05) is 19.1 Å². The van der Waals surface area contributed by atoms with E-state index >= 15 is 0 Å². The summed E-state index contributed by atoms with van der Waals surface area (Å²) in [4.78, 5) is 66.8.